The Morgan fingerprint density at radius 2 is 2.00 bits per heavy atom. The van der Waals surface area contributed by atoms with E-state index in [0.717, 1.165) is 11.3 Å². The van der Waals surface area contributed by atoms with Crippen molar-refractivity contribution in [1.29, 1.82) is 0 Å². The number of rotatable bonds is 7. The number of carbonyl (C=O) groups is 2. The summed E-state index contributed by atoms with van der Waals surface area (Å²) in [5, 5.41) is 0.506. The van der Waals surface area contributed by atoms with Gasteiger partial charge in [0.05, 0.1) is 22.2 Å². The van der Waals surface area contributed by atoms with Crippen molar-refractivity contribution in [2.24, 2.45) is 0 Å². The van der Waals surface area contributed by atoms with Gasteiger partial charge in [0.25, 0.3) is 5.56 Å². The fourth-order valence-corrected chi connectivity index (χ4v) is 3.35. The van der Waals surface area contributed by atoms with Crippen LogP contribution in [0.2, 0.25) is 0 Å². The molecule has 0 bridgehead atoms. The molecule has 134 valence electrons. The van der Waals surface area contributed by atoms with Gasteiger partial charge in [-0.1, -0.05) is 19.1 Å². The molecule has 3 rings (SSSR count). The molecular weight excluding hydrogens is 352 g/mol. The lowest BCUT2D eigenvalue weighted by Gasteiger charge is -2.04. The number of nitrogens with zero attached hydrogens (tertiary/aromatic N) is 1. The second-order valence-electron chi connectivity index (χ2n) is 5.73. The number of thiophene rings is 1. The molecule has 2 aromatic heterocycles. The highest BCUT2D eigenvalue weighted by Crippen LogP contribution is 2.17. The predicted octanol–water partition coefficient (Wildman–Crippen LogP) is 2.91. The minimum atomic E-state index is -0.499. The van der Waals surface area contributed by atoms with E-state index in [1.807, 2.05) is 13.0 Å². The van der Waals surface area contributed by atoms with E-state index in [9.17, 15) is 14.4 Å². The molecule has 0 radical (unpaired) electrons. The molecule has 3 aromatic rings. The molecule has 7 heteroatoms. The first kappa shape index (κ1) is 18.0. The number of ketones is 1. The van der Waals surface area contributed by atoms with Gasteiger partial charge >= 0.3 is 5.97 Å². The number of benzene rings is 1. The highest BCUT2D eigenvalue weighted by atomic mass is 32.1. The third-order valence-electron chi connectivity index (χ3n) is 3.88. The Labute approximate surface area is 153 Å². The van der Waals surface area contributed by atoms with Gasteiger partial charge in [-0.15, -0.1) is 11.3 Å². The number of nitrogens with one attached hydrogen (secondary N) is 1. The van der Waals surface area contributed by atoms with Gasteiger partial charge in [0, 0.05) is 11.3 Å². The number of aryl methyl sites for hydroxylation is 2. The maximum Gasteiger partial charge on any atom is 0.306 e. The van der Waals surface area contributed by atoms with E-state index in [2.05, 4.69) is 9.97 Å². The summed E-state index contributed by atoms with van der Waals surface area (Å²) >= 11 is 1.41. The number of H-pyrrole nitrogens is 1. The summed E-state index contributed by atoms with van der Waals surface area (Å²) in [5.41, 5.74) is 0.345. The summed E-state index contributed by atoms with van der Waals surface area (Å²) in [7, 11) is 0. The minimum Gasteiger partial charge on any atom is -0.457 e. The first-order chi connectivity index (χ1) is 12.6. The zero-order valence-electron chi connectivity index (χ0n) is 14.3. The number of ether oxygens (including phenoxy) is 1. The second-order valence-corrected chi connectivity index (χ2v) is 6.90. The third kappa shape index (κ3) is 4.23. The van der Waals surface area contributed by atoms with Crippen LogP contribution >= 0.6 is 11.3 Å². The summed E-state index contributed by atoms with van der Waals surface area (Å²) < 4.78 is 5.04. The first-order valence-corrected chi connectivity index (χ1v) is 9.14. The van der Waals surface area contributed by atoms with E-state index in [0.29, 0.717) is 21.6 Å². The Bertz CT molecular complexity index is 1010. The molecule has 0 saturated carbocycles. The van der Waals surface area contributed by atoms with E-state index >= 15 is 0 Å². The van der Waals surface area contributed by atoms with E-state index in [1.165, 1.54) is 11.3 Å². The van der Waals surface area contributed by atoms with Gasteiger partial charge in [-0.3, -0.25) is 14.4 Å². The number of hydrogen-bond donors (Lipinski definition) is 1. The summed E-state index contributed by atoms with van der Waals surface area (Å²) in [4.78, 5) is 44.6. The van der Waals surface area contributed by atoms with Crippen LogP contribution in [-0.2, 0) is 22.4 Å². The molecule has 6 nitrogen and oxygen atoms in total. The lowest BCUT2D eigenvalue weighted by molar-refractivity contribution is -0.142. The van der Waals surface area contributed by atoms with Crippen molar-refractivity contribution in [3.05, 3.63) is 62.3 Å². The van der Waals surface area contributed by atoms with E-state index in [-0.39, 0.29) is 30.8 Å². The largest absolute Gasteiger partial charge is 0.457 e. The molecule has 0 amide bonds. The van der Waals surface area contributed by atoms with Gasteiger partial charge in [-0.25, -0.2) is 4.98 Å². The highest BCUT2D eigenvalue weighted by Gasteiger charge is 2.13. The molecule has 0 aliphatic heterocycles. The van der Waals surface area contributed by atoms with Gasteiger partial charge in [-0.2, -0.15) is 0 Å². The van der Waals surface area contributed by atoms with Crippen LogP contribution in [-0.4, -0.2) is 28.3 Å². The number of aromatic amines is 1. The van der Waals surface area contributed by atoms with E-state index in [1.54, 1.807) is 30.3 Å². The second kappa shape index (κ2) is 8.05. The Morgan fingerprint density at radius 1 is 1.19 bits per heavy atom. The minimum absolute atomic E-state index is 0.0409. The first-order valence-electron chi connectivity index (χ1n) is 8.32. The predicted molar refractivity (Wildman–Crippen MR) is 99.7 cm³/mol. The Morgan fingerprint density at radius 3 is 2.77 bits per heavy atom. The fraction of sp³-hybridized carbons (Fsp3) is 0.263. The Kier molecular flexibility index (Phi) is 5.58. The van der Waals surface area contributed by atoms with E-state index in [4.69, 9.17) is 4.74 Å². The SMILES string of the molecule is CCc1ccc(C(=O)COC(=O)CCc2nc3ccccc3c(=O)[nH]2)s1. The molecule has 26 heavy (non-hydrogen) atoms. The van der Waals surface area contributed by atoms with Crippen LogP contribution in [0.1, 0.15) is 33.7 Å². The van der Waals surface area contributed by atoms with Crippen molar-refractivity contribution >= 4 is 34.0 Å². The molecule has 0 saturated heterocycles. The Hall–Kier alpha value is -2.80. The van der Waals surface area contributed by atoms with Crippen LogP contribution < -0.4 is 5.56 Å². The average molecular weight is 370 g/mol. The molecule has 0 spiro atoms. The number of aromatic nitrogens is 2. The summed E-state index contributed by atoms with van der Waals surface area (Å²) in [6.07, 6.45) is 1.15. The molecule has 2 heterocycles. The van der Waals surface area contributed by atoms with E-state index < -0.39 is 5.97 Å². The van der Waals surface area contributed by atoms with Gasteiger partial charge in [0.15, 0.2) is 6.61 Å². The zero-order chi connectivity index (χ0) is 18.5. The van der Waals surface area contributed by atoms with Crippen LogP contribution in [0, 0.1) is 0 Å². The molecule has 1 N–H and O–H groups in total. The van der Waals surface area contributed by atoms with Crippen molar-refractivity contribution in [2.75, 3.05) is 6.61 Å². The van der Waals surface area contributed by atoms with Gasteiger partial charge < -0.3 is 9.72 Å². The van der Waals surface area contributed by atoms with Crippen molar-refractivity contribution in [2.45, 2.75) is 26.2 Å². The van der Waals surface area contributed by atoms with Crippen molar-refractivity contribution in [3.63, 3.8) is 0 Å². The molecule has 1 aromatic carbocycles. The number of Topliss-reactive ketones (excluding diaryl/α,β-unsaturated/α-hetero) is 1. The lowest BCUT2D eigenvalue weighted by Crippen LogP contribution is -2.16. The quantitative estimate of drug-likeness (QED) is 0.510. The Balaban J connectivity index is 1.54. The summed E-state index contributed by atoms with van der Waals surface area (Å²) in [6, 6.07) is 10.7. The normalized spacial score (nSPS) is 10.8. The topological polar surface area (TPSA) is 89.1 Å². The standard InChI is InChI=1S/C19H18N2O4S/c1-2-12-7-8-16(26-12)15(22)11-25-18(23)10-9-17-20-14-6-4-3-5-13(14)19(24)21-17/h3-8H,2,9-11H2,1H3,(H,20,21,24). The zero-order valence-corrected chi connectivity index (χ0v) is 15.1. The number of para-hydroxylation sites is 1. The molecular formula is C19H18N2O4S. The maximum atomic E-state index is 12.0. The number of fused-ring (bicyclic) bond motifs is 1. The number of hydrogen-bond acceptors (Lipinski definition) is 6. The lowest BCUT2D eigenvalue weighted by atomic mass is 10.2. The molecule has 0 aliphatic carbocycles. The van der Waals surface area contributed by atoms with Gasteiger partial charge in [0.1, 0.15) is 5.82 Å². The molecule has 0 fully saturated rings. The van der Waals surface area contributed by atoms with Gasteiger partial charge in [0.2, 0.25) is 5.78 Å². The van der Waals surface area contributed by atoms with Crippen LogP contribution in [0.3, 0.4) is 0 Å². The molecule has 0 unspecified atom stereocenters. The van der Waals surface area contributed by atoms with Crippen LogP contribution in [0.15, 0.2) is 41.2 Å². The molecule has 0 aliphatic rings. The molecule has 0 atom stereocenters. The average Bonchev–Trinajstić information content (AvgIpc) is 3.14. The summed E-state index contributed by atoms with van der Waals surface area (Å²) in [5.74, 6) is -0.287. The van der Waals surface area contributed by atoms with Crippen LogP contribution in [0.5, 0.6) is 0 Å². The van der Waals surface area contributed by atoms with Crippen molar-refractivity contribution in [3.8, 4) is 0 Å². The smallest absolute Gasteiger partial charge is 0.306 e. The van der Waals surface area contributed by atoms with Gasteiger partial charge in [-0.05, 0) is 30.7 Å². The maximum absolute atomic E-state index is 12.0. The van der Waals surface area contributed by atoms with Crippen molar-refractivity contribution < 1.29 is 14.3 Å². The van der Waals surface area contributed by atoms with Crippen LogP contribution in [0.4, 0.5) is 0 Å². The van der Waals surface area contributed by atoms with Crippen molar-refractivity contribution in [1.82, 2.24) is 9.97 Å². The summed E-state index contributed by atoms with van der Waals surface area (Å²) in [6.45, 7) is 1.75. The third-order valence-corrected chi connectivity index (χ3v) is 5.15. The monoisotopic (exact) mass is 370 g/mol. The van der Waals surface area contributed by atoms with Crippen LogP contribution in [0.25, 0.3) is 10.9 Å². The number of carbonyl (C=O) groups excluding carboxylic acids is 2. The highest BCUT2D eigenvalue weighted by molar-refractivity contribution is 7.14. The number of esters is 1. The fourth-order valence-electron chi connectivity index (χ4n) is 2.48.